The summed E-state index contributed by atoms with van der Waals surface area (Å²) in [6.07, 6.45) is 4.19. The first-order chi connectivity index (χ1) is 6.18. The summed E-state index contributed by atoms with van der Waals surface area (Å²) in [5.41, 5.74) is 0. The van der Waals surface area contributed by atoms with Gasteiger partial charge in [0.1, 0.15) is 0 Å². The Morgan fingerprint density at radius 1 is 1.23 bits per heavy atom. The first kappa shape index (κ1) is 14.9. The van der Waals surface area contributed by atoms with E-state index in [1.54, 1.807) is 0 Å². The van der Waals surface area contributed by atoms with Gasteiger partial charge in [-0.15, -0.1) is 0 Å². The normalized spacial score (nSPS) is 8.62. The molecule has 0 fully saturated rings. The molecule has 0 saturated heterocycles. The minimum absolute atomic E-state index is 0.175. The van der Waals surface area contributed by atoms with Crippen molar-refractivity contribution in [2.75, 3.05) is 13.2 Å². The van der Waals surface area contributed by atoms with Crippen LogP contribution < -0.4 is 0 Å². The molecule has 13 heavy (non-hydrogen) atoms. The summed E-state index contributed by atoms with van der Waals surface area (Å²) in [5.74, 6) is -0.175. The number of esters is 1. The van der Waals surface area contributed by atoms with Crippen LogP contribution in [-0.2, 0) is 9.53 Å². The fourth-order valence-electron chi connectivity index (χ4n) is 0.568. The lowest BCUT2D eigenvalue weighted by molar-refractivity contribution is -0.141. The van der Waals surface area contributed by atoms with Crippen LogP contribution in [0, 0.1) is 0 Å². The topological polar surface area (TPSA) is 46.5 Å². The van der Waals surface area contributed by atoms with Gasteiger partial charge < -0.3 is 9.84 Å². The zero-order valence-corrected chi connectivity index (χ0v) is 9.01. The van der Waals surface area contributed by atoms with E-state index in [-0.39, 0.29) is 5.97 Å². The molecule has 0 amide bonds. The molecule has 0 aliphatic heterocycles. The lowest BCUT2D eigenvalue weighted by Crippen LogP contribution is -1.99. The molecular weight excluding hydrogens is 168 g/mol. The van der Waals surface area contributed by atoms with E-state index in [1.165, 1.54) is 13.3 Å². The minimum atomic E-state index is -0.175. The van der Waals surface area contributed by atoms with Gasteiger partial charge in [-0.1, -0.05) is 26.7 Å². The summed E-state index contributed by atoms with van der Waals surface area (Å²) in [4.78, 5) is 10.2. The standard InChI is InChI=1S/C7H14O2.C3H8O/c1-3-4-5-6-9-7(2)8;1-2-3-4/h3-6H2,1-2H3;4H,2-3H2,1H3. The van der Waals surface area contributed by atoms with E-state index in [9.17, 15) is 4.79 Å². The van der Waals surface area contributed by atoms with Gasteiger partial charge in [0.05, 0.1) is 6.61 Å². The average Bonchev–Trinajstić information content (AvgIpc) is 2.13. The molecular formula is C10H22O3. The number of hydrogen-bond donors (Lipinski definition) is 1. The molecule has 0 rings (SSSR count). The molecule has 1 N–H and O–H groups in total. The van der Waals surface area contributed by atoms with Crippen LogP contribution in [-0.4, -0.2) is 24.3 Å². The van der Waals surface area contributed by atoms with Crippen LogP contribution in [0.15, 0.2) is 0 Å². The minimum Gasteiger partial charge on any atom is -0.466 e. The molecule has 3 heteroatoms. The quantitative estimate of drug-likeness (QED) is 0.533. The Morgan fingerprint density at radius 3 is 2.08 bits per heavy atom. The number of aliphatic hydroxyl groups is 1. The third kappa shape index (κ3) is 24.6. The Bertz CT molecular complexity index is 100. The van der Waals surface area contributed by atoms with Crippen LogP contribution in [0.1, 0.15) is 46.5 Å². The lowest BCUT2D eigenvalue weighted by atomic mass is 10.3. The van der Waals surface area contributed by atoms with Gasteiger partial charge in [0.2, 0.25) is 0 Å². The fraction of sp³-hybridized carbons (Fsp3) is 0.900. The summed E-state index contributed by atoms with van der Waals surface area (Å²) in [6, 6.07) is 0. The van der Waals surface area contributed by atoms with Crippen LogP contribution in [0.4, 0.5) is 0 Å². The van der Waals surface area contributed by atoms with Gasteiger partial charge in [0.25, 0.3) is 0 Å². The Balaban J connectivity index is 0. The van der Waals surface area contributed by atoms with E-state index in [0.29, 0.717) is 13.2 Å². The van der Waals surface area contributed by atoms with Crippen molar-refractivity contribution >= 4 is 5.97 Å². The Morgan fingerprint density at radius 2 is 1.77 bits per heavy atom. The molecule has 0 radical (unpaired) electrons. The highest BCUT2D eigenvalue weighted by Gasteiger charge is 1.89. The molecule has 0 aliphatic carbocycles. The number of carbonyl (C=O) groups excluding carboxylic acids is 1. The molecule has 0 aliphatic rings. The second-order valence-corrected chi connectivity index (χ2v) is 2.77. The van der Waals surface area contributed by atoms with Crippen LogP contribution in [0.2, 0.25) is 0 Å². The predicted octanol–water partition coefficient (Wildman–Crippen LogP) is 2.13. The Labute approximate surface area is 81.1 Å². The summed E-state index contributed by atoms with van der Waals surface area (Å²) < 4.78 is 4.70. The van der Waals surface area contributed by atoms with Crippen molar-refractivity contribution in [3.63, 3.8) is 0 Å². The van der Waals surface area contributed by atoms with Crippen molar-refractivity contribution in [1.29, 1.82) is 0 Å². The van der Waals surface area contributed by atoms with Gasteiger partial charge >= 0.3 is 5.97 Å². The number of rotatable bonds is 5. The maximum atomic E-state index is 10.2. The molecule has 0 aromatic heterocycles. The molecule has 3 nitrogen and oxygen atoms in total. The second-order valence-electron chi connectivity index (χ2n) is 2.77. The number of carbonyl (C=O) groups is 1. The third-order valence-corrected chi connectivity index (χ3v) is 1.28. The number of unbranched alkanes of at least 4 members (excludes halogenated alkanes) is 2. The van der Waals surface area contributed by atoms with Gasteiger partial charge in [-0.05, 0) is 12.8 Å². The maximum absolute atomic E-state index is 10.2. The van der Waals surface area contributed by atoms with E-state index in [2.05, 4.69) is 6.92 Å². The van der Waals surface area contributed by atoms with Crippen LogP contribution in [0.3, 0.4) is 0 Å². The molecule has 0 unspecified atom stereocenters. The number of hydrogen-bond acceptors (Lipinski definition) is 3. The van der Waals surface area contributed by atoms with Crippen LogP contribution in [0.25, 0.3) is 0 Å². The Hall–Kier alpha value is -0.570. The van der Waals surface area contributed by atoms with Gasteiger partial charge in [-0.25, -0.2) is 0 Å². The van der Waals surface area contributed by atoms with Crippen molar-refractivity contribution < 1.29 is 14.6 Å². The van der Waals surface area contributed by atoms with Crippen molar-refractivity contribution in [2.24, 2.45) is 0 Å². The maximum Gasteiger partial charge on any atom is 0.302 e. The fourth-order valence-corrected chi connectivity index (χ4v) is 0.568. The zero-order valence-electron chi connectivity index (χ0n) is 9.01. The zero-order chi connectivity index (χ0) is 10.5. The van der Waals surface area contributed by atoms with Gasteiger partial charge in [0, 0.05) is 13.5 Å². The Kier molecular flexibility index (Phi) is 16.1. The van der Waals surface area contributed by atoms with Crippen molar-refractivity contribution in [3.05, 3.63) is 0 Å². The monoisotopic (exact) mass is 190 g/mol. The molecule has 0 spiro atoms. The third-order valence-electron chi connectivity index (χ3n) is 1.28. The van der Waals surface area contributed by atoms with Crippen molar-refractivity contribution in [1.82, 2.24) is 0 Å². The average molecular weight is 190 g/mol. The molecule has 0 heterocycles. The molecule has 0 aromatic rings. The predicted molar refractivity (Wildman–Crippen MR) is 53.5 cm³/mol. The van der Waals surface area contributed by atoms with Crippen LogP contribution in [0.5, 0.6) is 0 Å². The second kappa shape index (κ2) is 14.0. The smallest absolute Gasteiger partial charge is 0.302 e. The first-order valence-corrected chi connectivity index (χ1v) is 4.93. The SMILES string of the molecule is CCCCCOC(C)=O.CCCO. The van der Waals surface area contributed by atoms with Gasteiger partial charge in [0.15, 0.2) is 0 Å². The highest BCUT2D eigenvalue weighted by atomic mass is 16.5. The highest BCUT2D eigenvalue weighted by molar-refractivity contribution is 5.65. The summed E-state index contributed by atoms with van der Waals surface area (Å²) in [5, 5.41) is 7.88. The number of ether oxygens (including phenoxy) is 1. The molecule has 0 saturated carbocycles. The highest BCUT2D eigenvalue weighted by Crippen LogP contribution is 1.93. The first-order valence-electron chi connectivity index (χ1n) is 4.93. The largest absolute Gasteiger partial charge is 0.466 e. The van der Waals surface area contributed by atoms with Gasteiger partial charge in [-0.3, -0.25) is 4.79 Å². The van der Waals surface area contributed by atoms with E-state index in [4.69, 9.17) is 9.84 Å². The van der Waals surface area contributed by atoms with E-state index in [0.717, 1.165) is 19.3 Å². The number of aliphatic hydroxyl groups excluding tert-OH is 1. The van der Waals surface area contributed by atoms with Gasteiger partial charge in [-0.2, -0.15) is 0 Å². The summed E-state index contributed by atoms with van der Waals surface area (Å²) in [6.45, 7) is 6.39. The van der Waals surface area contributed by atoms with Crippen molar-refractivity contribution in [3.8, 4) is 0 Å². The molecule has 0 aromatic carbocycles. The summed E-state index contributed by atoms with van der Waals surface area (Å²) >= 11 is 0. The molecule has 80 valence electrons. The van der Waals surface area contributed by atoms with Crippen LogP contribution >= 0.6 is 0 Å². The van der Waals surface area contributed by atoms with E-state index < -0.39 is 0 Å². The van der Waals surface area contributed by atoms with Crippen molar-refractivity contribution in [2.45, 2.75) is 46.5 Å². The summed E-state index contributed by atoms with van der Waals surface area (Å²) in [7, 11) is 0. The van der Waals surface area contributed by atoms with E-state index in [1.807, 2.05) is 6.92 Å². The lowest BCUT2D eigenvalue weighted by Gasteiger charge is -1.98. The molecule has 0 bridgehead atoms. The molecule has 0 atom stereocenters. The van der Waals surface area contributed by atoms with E-state index >= 15 is 0 Å².